The zero-order chi connectivity index (χ0) is 15.4. The van der Waals surface area contributed by atoms with Crippen molar-refractivity contribution in [3.05, 3.63) is 64.0 Å². The van der Waals surface area contributed by atoms with Gasteiger partial charge in [0.15, 0.2) is 0 Å². The summed E-state index contributed by atoms with van der Waals surface area (Å²) in [6.07, 6.45) is 3.35. The molecule has 2 rings (SSSR count). The van der Waals surface area contributed by atoms with Gasteiger partial charge >= 0.3 is 0 Å². The summed E-state index contributed by atoms with van der Waals surface area (Å²) in [7, 11) is 0. The van der Waals surface area contributed by atoms with Crippen LogP contribution in [-0.2, 0) is 0 Å². The van der Waals surface area contributed by atoms with Gasteiger partial charge in [0.25, 0.3) is 5.69 Å². The van der Waals surface area contributed by atoms with Crippen LogP contribution in [0.25, 0.3) is 11.8 Å². The Balaban J connectivity index is 2.43. The molecule has 0 spiro atoms. The molecule has 21 heavy (non-hydrogen) atoms. The third-order valence-corrected chi connectivity index (χ3v) is 3.02. The summed E-state index contributed by atoms with van der Waals surface area (Å²) in [6.45, 7) is 0. The van der Waals surface area contributed by atoms with Crippen LogP contribution in [0.4, 0.5) is 5.69 Å². The Bertz CT molecular complexity index is 769. The number of hydrogen-bond acceptors (Lipinski definition) is 4. The summed E-state index contributed by atoms with van der Waals surface area (Å²) in [6, 6.07) is 11.6. The van der Waals surface area contributed by atoms with E-state index in [1.165, 1.54) is 12.1 Å². The van der Waals surface area contributed by atoms with Crippen molar-refractivity contribution in [2.24, 2.45) is 5.73 Å². The summed E-state index contributed by atoms with van der Waals surface area (Å²) in [4.78, 5) is 10.2. The highest BCUT2D eigenvalue weighted by atomic mass is 32.1. The van der Waals surface area contributed by atoms with Gasteiger partial charge in [-0.25, -0.2) is 0 Å². The molecule has 1 aromatic heterocycles. The maximum absolute atomic E-state index is 10.6. The van der Waals surface area contributed by atoms with E-state index in [9.17, 15) is 10.1 Å². The third kappa shape index (κ3) is 3.13. The number of non-ortho nitro benzene ring substituents is 1. The van der Waals surface area contributed by atoms with Crippen LogP contribution in [0.1, 0.15) is 5.69 Å². The number of rotatable bonds is 4. The van der Waals surface area contributed by atoms with Crippen molar-refractivity contribution in [2.75, 3.05) is 0 Å². The van der Waals surface area contributed by atoms with Gasteiger partial charge in [0.2, 0.25) is 0 Å². The lowest BCUT2D eigenvalue weighted by Gasteiger charge is -2.06. The van der Waals surface area contributed by atoms with Crippen molar-refractivity contribution in [1.29, 1.82) is 5.26 Å². The Labute approximate surface area is 125 Å². The molecule has 0 bridgehead atoms. The molecule has 0 radical (unpaired) electrons. The number of nitrogens with two attached hydrogens (primary N) is 1. The second-order valence-electron chi connectivity index (χ2n) is 4.11. The maximum Gasteiger partial charge on any atom is 0.269 e. The van der Waals surface area contributed by atoms with E-state index < -0.39 is 4.92 Å². The first kappa shape index (κ1) is 14.4. The fraction of sp³-hybridized carbons (Fsp3) is 0. The third-order valence-electron chi connectivity index (χ3n) is 2.80. The van der Waals surface area contributed by atoms with E-state index >= 15 is 0 Å². The second kappa shape index (κ2) is 5.98. The smallest absolute Gasteiger partial charge is 0.269 e. The van der Waals surface area contributed by atoms with E-state index in [4.69, 9.17) is 23.2 Å². The van der Waals surface area contributed by atoms with Crippen molar-refractivity contribution in [2.45, 2.75) is 0 Å². The van der Waals surface area contributed by atoms with E-state index in [1.807, 2.05) is 6.07 Å². The van der Waals surface area contributed by atoms with Gasteiger partial charge in [-0.15, -0.1) is 0 Å². The number of hydrogen-bond donors (Lipinski definition) is 1. The predicted octanol–water partition coefficient (Wildman–Crippen LogP) is 2.58. The quantitative estimate of drug-likeness (QED) is 0.307. The van der Waals surface area contributed by atoms with Crippen molar-refractivity contribution in [3.8, 4) is 11.8 Å². The van der Waals surface area contributed by atoms with E-state index in [1.54, 1.807) is 41.1 Å². The van der Waals surface area contributed by atoms with Gasteiger partial charge in [-0.1, -0.05) is 12.2 Å². The Hall–Kier alpha value is -2.98. The molecule has 0 amide bonds. The van der Waals surface area contributed by atoms with Crippen LogP contribution in [0, 0.1) is 21.4 Å². The lowest BCUT2D eigenvalue weighted by Crippen LogP contribution is -2.10. The molecule has 0 aliphatic heterocycles. The molecule has 0 aliphatic rings. The average molecular weight is 298 g/mol. The van der Waals surface area contributed by atoms with Gasteiger partial charge in [-0.2, -0.15) is 5.26 Å². The first-order valence-electron chi connectivity index (χ1n) is 5.86. The number of aromatic nitrogens is 1. The van der Waals surface area contributed by atoms with E-state index in [-0.39, 0.29) is 16.2 Å². The minimum Gasteiger partial charge on any atom is -0.389 e. The molecular weight excluding hydrogens is 288 g/mol. The van der Waals surface area contributed by atoms with Crippen molar-refractivity contribution in [1.82, 2.24) is 4.57 Å². The van der Waals surface area contributed by atoms with Gasteiger partial charge in [-0.3, -0.25) is 10.1 Å². The molecule has 1 heterocycles. The second-order valence-corrected chi connectivity index (χ2v) is 4.55. The van der Waals surface area contributed by atoms with Gasteiger partial charge in [0.1, 0.15) is 11.1 Å². The molecule has 0 saturated carbocycles. The molecule has 0 fully saturated rings. The number of nitro benzene ring substituents is 1. The Morgan fingerprint density at radius 3 is 2.57 bits per heavy atom. The lowest BCUT2D eigenvalue weighted by molar-refractivity contribution is -0.384. The molecule has 7 heteroatoms. The number of benzene rings is 1. The molecule has 0 unspecified atom stereocenters. The zero-order valence-corrected chi connectivity index (χ0v) is 11.6. The number of nitro groups is 1. The van der Waals surface area contributed by atoms with Crippen molar-refractivity contribution < 1.29 is 4.92 Å². The zero-order valence-electron chi connectivity index (χ0n) is 10.8. The molecule has 2 aromatic rings. The van der Waals surface area contributed by atoms with Gasteiger partial charge in [-0.05, 0) is 30.3 Å². The predicted molar refractivity (Wildman–Crippen MR) is 82.8 cm³/mol. The fourth-order valence-corrected chi connectivity index (χ4v) is 1.89. The summed E-state index contributed by atoms with van der Waals surface area (Å²) >= 11 is 4.80. The largest absolute Gasteiger partial charge is 0.389 e. The van der Waals surface area contributed by atoms with E-state index in [0.717, 1.165) is 5.69 Å². The van der Waals surface area contributed by atoms with Gasteiger partial charge in [0.05, 0.1) is 10.5 Å². The fourth-order valence-electron chi connectivity index (χ4n) is 1.79. The summed E-state index contributed by atoms with van der Waals surface area (Å²) < 4.78 is 1.78. The number of nitriles is 1. The minimum absolute atomic E-state index is 0.0175. The van der Waals surface area contributed by atoms with Crippen molar-refractivity contribution in [3.63, 3.8) is 0 Å². The normalized spacial score (nSPS) is 10.9. The molecule has 104 valence electrons. The molecule has 0 saturated heterocycles. The monoisotopic (exact) mass is 298 g/mol. The Kier molecular flexibility index (Phi) is 4.11. The molecular formula is C14H10N4O2S. The van der Waals surface area contributed by atoms with Gasteiger partial charge < -0.3 is 10.3 Å². The highest BCUT2D eigenvalue weighted by Crippen LogP contribution is 2.19. The van der Waals surface area contributed by atoms with Crippen LogP contribution in [0.15, 0.2) is 48.2 Å². The SMILES string of the molecule is N#C/C(=C/c1cccn1-c1ccc([N+](=O)[O-])cc1)C(N)=S. The Morgan fingerprint density at radius 2 is 2.05 bits per heavy atom. The first-order valence-corrected chi connectivity index (χ1v) is 6.27. The molecule has 0 aliphatic carbocycles. The lowest BCUT2D eigenvalue weighted by atomic mass is 10.2. The van der Waals surface area contributed by atoms with Crippen molar-refractivity contribution >= 4 is 29.0 Å². The summed E-state index contributed by atoms with van der Waals surface area (Å²) in [5, 5.41) is 19.6. The minimum atomic E-state index is -0.457. The van der Waals surface area contributed by atoms with E-state index in [0.29, 0.717) is 5.69 Å². The maximum atomic E-state index is 10.6. The summed E-state index contributed by atoms with van der Waals surface area (Å²) in [5.41, 5.74) is 7.12. The topological polar surface area (TPSA) is 97.9 Å². The number of nitrogens with zero attached hydrogens (tertiary/aromatic N) is 3. The summed E-state index contributed by atoms with van der Waals surface area (Å²) in [5.74, 6) is 0. The van der Waals surface area contributed by atoms with E-state index in [2.05, 4.69) is 0 Å². The average Bonchev–Trinajstić information content (AvgIpc) is 2.92. The number of thiocarbonyl (C=S) groups is 1. The standard InChI is InChI=1S/C14H10N4O2S/c15-9-10(14(16)21)8-13-2-1-7-17(13)11-3-5-12(6-4-11)18(19)20/h1-8H,(H2,16,21)/b10-8-. The Morgan fingerprint density at radius 1 is 1.38 bits per heavy atom. The molecule has 0 atom stereocenters. The van der Waals surface area contributed by atoms with Crippen LogP contribution in [0.5, 0.6) is 0 Å². The van der Waals surface area contributed by atoms with Crippen LogP contribution < -0.4 is 5.73 Å². The molecule has 1 aromatic carbocycles. The van der Waals surface area contributed by atoms with Crippen LogP contribution >= 0.6 is 12.2 Å². The van der Waals surface area contributed by atoms with Crippen LogP contribution in [-0.4, -0.2) is 14.5 Å². The first-order chi connectivity index (χ1) is 10.0. The molecule has 6 nitrogen and oxygen atoms in total. The molecule has 2 N–H and O–H groups in total. The van der Waals surface area contributed by atoms with Gasteiger partial charge in [0, 0.05) is 29.7 Å². The van der Waals surface area contributed by atoms with Crippen LogP contribution in [0.2, 0.25) is 0 Å². The van der Waals surface area contributed by atoms with Crippen LogP contribution in [0.3, 0.4) is 0 Å². The highest BCUT2D eigenvalue weighted by molar-refractivity contribution is 7.80. The highest BCUT2D eigenvalue weighted by Gasteiger charge is 2.08.